The lowest BCUT2D eigenvalue weighted by molar-refractivity contribution is -0.155. The Morgan fingerprint density at radius 3 is 2.46 bits per heavy atom. The van der Waals surface area contributed by atoms with Crippen LogP contribution in [0, 0.1) is 5.41 Å². The van der Waals surface area contributed by atoms with E-state index < -0.39 is 5.41 Å². The molecule has 1 aromatic carbocycles. The fourth-order valence-corrected chi connectivity index (χ4v) is 2.20. The summed E-state index contributed by atoms with van der Waals surface area (Å²) in [5, 5.41) is 2.92. The fourth-order valence-electron chi connectivity index (χ4n) is 2.20. The van der Waals surface area contributed by atoms with E-state index in [-0.39, 0.29) is 24.5 Å². The molecule has 0 spiro atoms. The van der Waals surface area contributed by atoms with Gasteiger partial charge in [0.2, 0.25) is 5.91 Å². The molecule has 24 heavy (non-hydrogen) atoms. The van der Waals surface area contributed by atoms with Gasteiger partial charge in [0, 0.05) is 6.42 Å². The average molecular weight is 329 g/mol. The van der Waals surface area contributed by atoms with E-state index in [9.17, 15) is 9.59 Å². The van der Waals surface area contributed by atoms with Crippen LogP contribution in [0.25, 0.3) is 0 Å². The van der Waals surface area contributed by atoms with E-state index in [0.29, 0.717) is 19.3 Å². The van der Waals surface area contributed by atoms with Crippen molar-refractivity contribution in [3.8, 4) is 0 Å². The highest BCUT2D eigenvalue weighted by atomic mass is 16.5. The molecule has 1 N–H and O–H groups in total. The number of hydrogen-bond donors (Lipinski definition) is 1. The fraction of sp³-hybridized carbons (Fsp3) is 0.400. The van der Waals surface area contributed by atoms with Crippen LogP contribution < -0.4 is 5.32 Å². The number of rotatable bonds is 10. The molecule has 0 aliphatic carbocycles. The van der Waals surface area contributed by atoms with Gasteiger partial charge in [0.05, 0.1) is 11.5 Å². The third kappa shape index (κ3) is 6.41. The second-order valence-electron chi connectivity index (χ2n) is 6.33. The van der Waals surface area contributed by atoms with Crippen LogP contribution in [0.5, 0.6) is 0 Å². The lowest BCUT2D eigenvalue weighted by atomic mass is 9.90. The molecule has 1 atom stereocenters. The summed E-state index contributed by atoms with van der Waals surface area (Å²) in [4.78, 5) is 24.3. The Labute approximate surface area is 144 Å². The third-order valence-electron chi connectivity index (χ3n) is 3.70. The normalized spacial score (nSPS) is 12.1. The first-order chi connectivity index (χ1) is 11.4. The lowest BCUT2D eigenvalue weighted by Crippen LogP contribution is -2.34. The van der Waals surface area contributed by atoms with Crippen molar-refractivity contribution < 1.29 is 14.3 Å². The standard InChI is InChI=1S/C20H27NO3/c1-5-7-13-18(22)21-17(16-11-9-8-10-12-16)15-24-19(23)20(3,4)14-6-2/h5-6,8-12,17H,1-2,7,13-15H2,3-4H3,(H,21,22)/t17-/m0/s1. The van der Waals surface area contributed by atoms with Gasteiger partial charge in [0.25, 0.3) is 0 Å². The molecule has 0 aliphatic heterocycles. The maximum Gasteiger partial charge on any atom is 0.311 e. The van der Waals surface area contributed by atoms with E-state index in [0.717, 1.165) is 5.56 Å². The minimum Gasteiger partial charge on any atom is -0.463 e. The van der Waals surface area contributed by atoms with Gasteiger partial charge in [-0.05, 0) is 32.3 Å². The van der Waals surface area contributed by atoms with Crippen LogP contribution >= 0.6 is 0 Å². The summed E-state index contributed by atoms with van der Waals surface area (Å²) in [6.45, 7) is 11.0. The first-order valence-corrected chi connectivity index (χ1v) is 8.14. The van der Waals surface area contributed by atoms with E-state index in [1.807, 2.05) is 44.2 Å². The van der Waals surface area contributed by atoms with Crippen molar-refractivity contribution in [2.75, 3.05) is 6.61 Å². The van der Waals surface area contributed by atoms with Gasteiger partial charge in [0.15, 0.2) is 0 Å². The Kier molecular flexibility index (Phi) is 7.96. The summed E-state index contributed by atoms with van der Waals surface area (Å²) in [7, 11) is 0. The van der Waals surface area contributed by atoms with Crippen LogP contribution in [0.4, 0.5) is 0 Å². The van der Waals surface area contributed by atoms with Gasteiger partial charge in [-0.25, -0.2) is 0 Å². The van der Waals surface area contributed by atoms with Crippen LogP contribution in [-0.4, -0.2) is 18.5 Å². The van der Waals surface area contributed by atoms with E-state index in [2.05, 4.69) is 18.5 Å². The van der Waals surface area contributed by atoms with E-state index in [1.54, 1.807) is 12.2 Å². The zero-order valence-electron chi connectivity index (χ0n) is 14.6. The summed E-state index contributed by atoms with van der Waals surface area (Å²) >= 11 is 0. The highest BCUT2D eigenvalue weighted by molar-refractivity contribution is 5.77. The van der Waals surface area contributed by atoms with E-state index in [4.69, 9.17) is 4.74 Å². The number of ether oxygens (including phenoxy) is 1. The summed E-state index contributed by atoms with van der Waals surface area (Å²) in [6, 6.07) is 9.12. The molecular weight excluding hydrogens is 302 g/mol. The zero-order chi connectivity index (χ0) is 18.0. The van der Waals surface area contributed by atoms with Gasteiger partial charge in [-0.1, -0.05) is 42.5 Å². The largest absolute Gasteiger partial charge is 0.463 e. The molecule has 0 saturated heterocycles. The highest BCUT2D eigenvalue weighted by Gasteiger charge is 2.29. The second-order valence-corrected chi connectivity index (χ2v) is 6.33. The molecular formula is C20H27NO3. The van der Waals surface area contributed by atoms with Crippen molar-refractivity contribution in [3.05, 3.63) is 61.2 Å². The maximum atomic E-state index is 12.3. The molecule has 0 radical (unpaired) electrons. The summed E-state index contributed by atoms with van der Waals surface area (Å²) in [5.41, 5.74) is 0.273. The molecule has 0 saturated carbocycles. The number of amides is 1. The Bertz CT molecular complexity index is 564. The molecule has 0 aromatic heterocycles. The molecule has 1 aromatic rings. The number of carbonyl (C=O) groups is 2. The van der Waals surface area contributed by atoms with Crippen molar-refractivity contribution in [3.63, 3.8) is 0 Å². The van der Waals surface area contributed by atoms with Gasteiger partial charge >= 0.3 is 5.97 Å². The van der Waals surface area contributed by atoms with Gasteiger partial charge < -0.3 is 10.1 Å². The molecule has 4 nitrogen and oxygen atoms in total. The number of hydrogen-bond acceptors (Lipinski definition) is 3. The average Bonchev–Trinajstić information content (AvgIpc) is 2.57. The lowest BCUT2D eigenvalue weighted by Gasteiger charge is -2.24. The molecule has 4 heteroatoms. The Morgan fingerprint density at radius 2 is 1.88 bits per heavy atom. The molecule has 0 heterocycles. The van der Waals surface area contributed by atoms with Gasteiger partial charge in [-0.3, -0.25) is 9.59 Å². The molecule has 0 unspecified atom stereocenters. The minimum absolute atomic E-state index is 0.0925. The van der Waals surface area contributed by atoms with Crippen LogP contribution in [0.1, 0.15) is 44.7 Å². The molecule has 1 amide bonds. The van der Waals surface area contributed by atoms with Gasteiger partial charge in [-0.15, -0.1) is 13.2 Å². The number of esters is 1. The topological polar surface area (TPSA) is 55.4 Å². The number of allylic oxidation sites excluding steroid dienone is 2. The van der Waals surface area contributed by atoms with Crippen molar-refractivity contribution in [1.82, 2.24) is 5.32 Å². The Morgan fingerprint density at radius 1 is 1.21 bits per heavy atom. The molecule has 130 valence electrons. The van der Waals surface area contributed by atoms with Crippen molar-refractivity contribution in [1.29, 1.82) is 0 Å². The van der Waals surface area contributed by atoms with Gasteiger partial charge in [0.1, 0.15) is 6.61 Å². The Hall–Kier alpha value is -2.36. The quantitative estimate of drug-likeness (QED) is 0.522. The first-order valence-electron chi connectivity index (χ1n) is 8.14. The Balaban J connectivity index is 2.75. The zero-order valence-corrected chi connectivity index (χ0v) is 14.6. The SMILES string of the molecule is C=CCCC(=O)N[C@@H](COC(=O)C(C)(C)CC=C)c1ccccc1. The summed E-state index contributed by atoms with van der Waals surface area (Å²) < 4.78 is 5.46. The van der Waals surface area contributed by atoms with E-state index in [1.165, 1.54) is 0 Å². The number of nitrogens with one attached hydrogen (secondary N) is 1. The first kappa shape index (κ1) is 19.7. The molecule has 0 aliphatic rings. The predicted octanol–water partition coefficient (Wildman–Crippen LogP) is 3.96. The van der Waals surface area contributed by atoms with Crippen LogP contribution in [-0.2, 0) is 14.3 Å². The minimum atomic E-state index is -0.629. The summed E-state index contributed by atoms with van der Waals surface area (Å²) in [6.07, 6.45) is 4.91. The van der Waals surface area contributed by atoms with Crippen LogP contribution in [0.2, 0.25) is 0 Å². The predicted molar refractivity (Wildman–Crippen MR) is 96.3 cm³/mol. The van der Waals surface area contributed by atoms with Gasteiger partial charge in [-0.2, -0.15) is 0 Å². The monoisotopic (exact) mass is 329 g/mol. The number of carbonyl (C=O) groups excluding carboxylic acids is 2. The van der Waals surface area contributed by atoms with Crippen molar-refractivity contribution in [2.45, 2.75) is 39.2 Å². The van der Waals surface area contributed by atoms with Crippen LogP contribution in [0.3, 0.4) is 0 Å². The number of benzene rings is 1. The molecule has 0 fully saturated rings. The van der Waals surface area contributed by atoms with Crippen molar-refractivity contribution >= 4 is 11.9 Å². The molecule has 1 rings (SSSR count). The van der Waals surface area contributed by atoms with Crippen molar-refractivity contribution in [2.24, 2.45) is 5.41 Å². The summed E-state index contributed by atoms with van der Waals surface area (Å²) in [5.74, 6) is -0.395. The van der Waals surface area contributed by atoms with Crippen LogP contribution in [0.15, 0.2) is 55.6 Å². The smallest absolute Gasteiger partial charge is 0.311 e. The second kappa shape index (κ2) is 9.71. The third-order valence-corrected chi connectivity index (χ3v) is 3.70. The van der Waals surface area contributed by atoms with E-state index >= 15 is 0 Å². The maximum absolute atomic E-state index is 12.3. The molecule has 0 bridgehead atoms. The highest BCUT2D eigenvalue weighted by Crippen LogP contribution is 2.24.